The quantitative estimate of drug-likeness (QED) is 0.317. The number of rotatable bonds is 4. The predicted octanol–water partition coefficient (Wildman–Crippen LogP) is 6.83. The number of likely N-dealkylation sites (tertiary alicyclic amines) is 1. The van der Waals surface area contributed by atoms with E-state index in [2.05, 4.69) is 34.2 Å². The summed E-state index contributed by atoms with van der Waals surface area (Å²) in [5.41, 5.74) is 10.4. The van der Waals surface area contributed by atoms with E-state index in [4.69, 9.17) is 10.2 Å². The number of hydrogen-bond donors (Lipinski definition) is 1. The Labute approximate surface area is 223 Å². The fraction of sp³-hybridized carbons (Fsp3) is 0.379. The highest BCUT2D eigenvalue weighted by atomic mass is 32.1. The van der Waals surface area contributed by atoms with E-state index in [9.17, 15) is 4.79 Å². The van der Waals surface area contributed by atoms with Gasteiger partial charge < -0.3 is 15.1 Å². The Kier molecular flexibility index (Phi) is 10.1. The Hall–Kier alpha value is -3.36. The minimum atomic E-state index is -0.334. The molecule has 37 heavy (non-hydrogen) atoms. The molecule has 3 heterocycles. The van der Waals surface area contributed by atoms with Crippen molar-refractivity contribution >= 4 is 17.2 Å². The molecule has 1 saturated heterocycles. The van der Waals surface area contributed by atoms with Crippen LogP contribution in [-0.2, 0) is 0 Å². The van der Waals surface area contributed by atoms with Crippen LogP contribution in [0.15, 0.2) is 58.3 Å². The van der Waals surface area contributed by atoms with Crippen LogP contribution < -0.4 is 5.73 Å². The molecule has 2 aromatic carbocycles. The fourth-order valence-electron chi connectivity index (χ4n) is 4.06. The second-order valence-corrected chi connectivity index (χ2v) is 9.85. The lowest BCUT2D eigenvalue weighted by Gasteiger charge is -2.23. The van der Waals surface area contributed by atoms with Crippen LogP contribution in [0.4, 0.5) is 0 Å². The summed E-state index contributed by atoms with van der Waals surface area (Å²) in [7, 11) is 0. The molecule has 8 heteroatoms. The first-order chi connectivity index (χ1) is 17.8. The molecule has 2 unspecified atom stereocenters. The largest absolute Gasteiger partial charge is 0.419 e. The SMILES string of the molecule is CC.Cc1cc(C(=O)N2CCCC2c2nc(C)cs2)cc(-c2nnc(C(C)N)o2)c1.Cc1ccccc1. The van der Waals surface area contributed by atoms with Crippen molar-refractivity contribution in [2.24, 2.45) is 5.73 Å². The topological polar surface area (TPSA) is 98.1 Å². The zero-order valence-corrected chi connectivity index (χ0v) is 23.4. The summed E-state index contributed by atoms with van der Waals surface area (Å²) >= 11 is 1.62. The van der Waals surface area contributed by atoms with Gasteiger partial charge in [0.25, 0.3) is 5.91 Å². The Morgan fingerprint density at radius 2 is 1.81 bits per heavy atom. The third-order valence-electron chi connectivity index (χ3n) is 5.78. The number of hydrogen-bond acceptors (Lipinski definition) is 7. The van der Waals surface area contributed by atoms with Crippen LogP contribution in [0.5, 0.6) is 0 Å². The van der Waals surface area contributed by atoms with Crippen molar-refractivity contribution in [3.63, 3.8) is 0 Å². The summed E-state index contributed by atoms with van der Waals surface area (Å²) in [4.78, 5) is 19.8. The lowest BCUT2D eigenvalue weighted by molar-refractivity contribution is 0.0735. The van der Waals surface area contributed by atoms with E-state index in [1.54, 1.807) is 18.3 Å². The number of aryl methyl sites for hydroxylation is 3. The highest BCUT2D eigenvalue weighted by Crippen LogP contribution is 2.35. The number of nitrogens with two attached hydrogens (primary N) is 1. The Bertz CT molecular complexity index is 1280. The van der Waals surface area contributed by atoms with Crippen molar-refractivity contribution in [2.45, 2.75) is 66.5 Å². The van der Waals surface area contributed by atoms with Gasteiger partial charge in [0, 0.05) is 28.7 Å². The highest BCUT2D eigenvalue weighted by Gasteiger charge is 2.32. The Morgan fingerprint density at radius 3 is 2.38 bits per heavy atom. The van der Waals surface area contributed by atoms with E-state index in [1.807, 2.05) is 74.4 Å². The third-order valence-corrected chi connectivity index (χ3v) is 6.84. The maximum atomic E-state index is 13.3. The van der Waals surface area contributed by atoms with E-state index >= 15 is 0 Å². The van der Waals surface area contributed by atoms with Gasteiger partial charge in [-0.25, -0.2) is 4.98 Å². The number of carbonyl (C=O) groups excluding carboxylic acids is 1. The number of carbonyl (C=O) groups is 1. The van der Waals surface area contributed by atoms with E-state index in [0.29, 0.717) is 17.3 Å². The first kappa shape index (κ1) is 28.2. The van der Waals surface area contributed by atoms with Gasteiger partial charge in [0.2, 0.25) is 11.8 Å². The van der Waals surface area contributed by atoms with Gasteiger partial charge in [0.15, 0.2) is 0 Å². The molecule has 196 valence electrons. The van der Waals surface area contributed by atoms with Crippen molar-refractivity contribution < 1.29 is 9.21 Å². The molecule has 0 bridgehead atoms. The van der Waals surface area contributed by atoms with Gasteiger partial charge in [-0.3, -0.25) is 4.79 Å². The molecule has 7 nitrogen and oxygen atoms in total. The van der Waals surface area contributed by atoms with Gasteiger partial charge in [-0.2, -0.15) is 0 Å². The number of nitrogens with zero attached hydrogens (tertiary/aromatic N) is 4. The second-order valence-electron chi connectivity index (χ2n) is 8.96. The van der Waals surface area contributed by atoms with Crippen molar-refractivity contribution in [1.82, 2.24) is 20.1 Å². The Balaban J connectivity index is 0.000000361. The van der Waals surface area contributed by atoms with Crippen molar-refractivity contribution in [2.75, 3.05) is 6.54 Å². The number of amides is 1. The second kappa shape index (κ2) is 13.3. The van der Waals surface area contributed by atoms with Crippen molar-refractivity contribution in [3.05, 3.63) is 87.2 Å². The maximum Gasteiger partial charge on any atom is 0.254 e. The van der Waals surface area contributed by atoms with Crippen LogP contribution >= 0.6 is 11.3 Å². The van der Waals surface area contributed by atoms with Crippen LogP contribution in [0.25, 0.3) is 11.5 Å². The summed E-state index contributed by atoms with van der Waals surface area (Å²) in [6.07, 6.45) is 1.92. The molecule has 0 aliphatic carbocycles. The summed E-state index contributed by atoms with van der Waals surface area (Å²) < 4.78 is 5.66. The monoisotopic (exact) mass is 519 g/mol. The van der Waals surface area contributed by atoms with Crippen LogP contribution in [0.3, 0.4) is 0 Å². The molecular weight excluding hydrogens is 482 g/mol. The molecule has 5 rings (SSSR count). The van der Waals surface area contributed by atoms with E-state index < -0.39 is 0 Å². The molecule has 1 fully saturated rings. The minimum absolute atomic E-state index is 0.00670. The van der Waals surface area contributed by atoms with Crippen LogP contribution in [0.1, 0.15) is 83.8 Å². The smallest absolute Gasteiger partial charge is 0.254 e. The number of benzene rings is 2. The van der Waals surface area contributed by atoms with E-state index in [-0.39, 0.29) is 18.0 Å². The van der Waals surface area contributed by atoms with Gasteiger partial charge in [-0.15, -0.1) is 21.5 Å². The molecule has 0 radical (unpaired) electrons. The maximum absolute atomic E-state index is 13.3. The van der Waals surface area contributed by atoms with Crippen LogP contribution in [0.2, 0.25) is 0 Å². The molecule has 1 amide bonds. The van der Waals surface area contributed by atoms with Crippen LogP contribution in [-0.4, -0.2) is 32.5 Å². The van der Waals surface area contributed by atoms with Crippen molar-refractivity contribution in [3.8, 4) is 11.5 Å². The molecular formula is C29H37N5O2S. The van der Waals surface area contributed by atoms with Crippen molar-refractivity contribution in [1.29, 1.82) is 0 Å². The van der Waals surface area contributed by atoms with Crippen LogP contribution in [0, 0.1) is 20.8 Å². The number of thiazole rings is 1. The van der Waals surface area contributed by atoms with E-state index in [0.717, 1.165) is 41.2 Å². The molecule has 2 atom stereocenters. The first-order valence-electron chi connectivity index (χ1n) is 12.8. The molecule has 0 spiro atoms. The lowest BCUT2D eigenvalue weighted by Crippen LogP contribution is -2.30. The molecule has 2 N–H and O–H groups in total. The third kappa shape index (κ3) is 7.33. The zero-order valence-electron chi connectivity index (χ0n) is 22.6. The molecule has 0 saturated carbocycles. The van der Waals surface area contributed by atoms with Gasteiger partial charge in [-0.1, -0.05) is 49.7 Å². The Morgan fingerprint density at radius 1 is 1.08 bits per heavy atom. The van der Waals surface area contributed by atoms with E-state index in [1.165, 1.54) is 5.56 Å². The minimum Gasteiger partial charge on any atom is -0.419 e. The standard InChI is InChI=1S/C20H23N5O2S.C7H8.C2H6/c1-11-7-14(18-24-23-17(27-18)13(3)21)9-15(8-11)20(26)25-6-4-5-16(25)19-22-12(2)10-28-19;1-7-5-3-2-4-6-7;1-2/h7-10,13,16H,4-6,21H2,1-3H3;2-6H,1H3;1-2H3. The molecule has 2 aromatic heterocycles. The normalized spacial score (nSPS) is 15.3. The first-order valence-corrected chi connectivity index (χ1v) is 13.7. The average Bonchev–Trinajstić information content (AvgIpc) is 3.66. The predicted molar refractivity (Wildman–Crippen MR) is 149 cm³/mol. The lowest BCUT2D eigenvalue weighted by atomic mass is 10.0. The molecule has 1 aliphatic rings. The summed E-state index contributed by atoms with van der Waals surface area (Å²) in [6.45, 7) is 12.5. The number of aromatic nitrogens is 3. The highest BCUT2D eigenvalue weighted by molar-refractivity contribution is 7.09. The summed E-state index contributed by atoms with van der Waals surface area (Å²) in [5.74, 6) is 0.758. The van der Waals surface area contributed by atoms with Gasteiger partial charge in [0.05, 0.1) is 12.1 Å². The molecule has 1 aliphatic heterocycles. The summed E-state index contributed by atoms with van der Waals surface area (Å²) in [6, 6.07) is 15.6. The van der Waals surface area contributed by atoms with Gasteiger partial charge in [0.1, 0.15) is 5.01 Å². The summed E-state index contributed by atoms with van der Waals surface area (Å²) in [5, 5.41) is 11.1. The molecule has 4 aromatic rings. The zero-order chi connectivity index (χ0) is 26.9. The van der Waals surface area contributed by atoms with Gasteiger partial charge in [-0.05, 0) is 64.3 Å². The fourth-order valence-corrected chi connectivity index (χ4v) is 5.00. The average molecular weight is 520 g/mol. The van der Waals surface area contributed by atoms with Gasteiger partial charge >= 0.3 is 0 Å².